The minimum absolute atomic E-state index is 0. The molecule has 19 heavy (non-hydrogen) atoms. The third-order valence-electron chi connectivity index (χ3n) is 2.69. The second kappa shape index (κ2) is 9.18. The lowest BCUT2D eigenvalue weighted by molar-refractivity contribution is -0.131. The zero-order valence-corrected chi connectivity index (χ0v) is 12.8. The number of carbonyl (C=O) groups is 1. The lowest BCUT2D eigenvalue weighted by Gasteiger charge is -2.21. The second-order valence-corrected chi connectivity index (χ2v) is 5.16. The summed E-state index contributed by atoms with van der Waals surface area (Å²) in [6.07, 6.45) is 2.61. The average molecular weight is 307 g/mol. The van der Waals surface area contributed by atoms with Crippen LogP contribution >= 0.6 is 24.2 Å². The monoisotopic (exact) mass is 306 g/mol. The van der Waals surface area contributed by atoms with Crippen molar-refractivity contribution in [2.45, 2.75) is 19.0 Å². The van der Waals surface area contributed by atoms with Gasteiger partial charge in [0.2, 0.25) is 5.91 Å². The molecule has 1 aromatic carbocycles. The molecule has 0 bridgehead atoms. The molecule has 0 unspecified atom stereocenters. The van der Waals surface area contributed by atoms with Gasteiger partial charge in [-0.15, -0.1) is 12.4 Å². The zero-order chi connectivity index (χ0) is 13.5. The van der Waals surface area contributed by atoms with E-state index in [4.69, 9.17) is 5.73 Å². The molecule has 0 saturated heterocycles. The minimum atomic E-state index is -0.505. The largest absolute Gasteiger partial charge is 0.340 e. The first-order valence-corrected chi connectivity index (χ1v) is 7.18. The van der Waals surface area contributed by atoms with Crippen molar-refractivity contribution in [2.24, 2.45) is 5.73 Å². The van der Waals surface area contributed by atoms with E-state index in [1.807, 2.05) is 6.26 Å². The van der Waals surface area contributed by atoms with E-state index >= 15 is 0 Å². The molecular weight excluding hydrogens is 287 g/mol. The first-order chi connectivity index (χ1) is 8.56. The second-order valence-electron chi connectivity index (χ2n) is 4.17. The van der Waals surface area contributed by atoms with Gasteiger partial charge in [-0.1, -0.05) is 18.2 Å². The fraction of sp³-hybridized carbons (Fsp3) is 0.462. The van der Waals surface area contributed by atoms with Gasteiger partial charge in [0.1, 0.15) is 5.82 Å². The smallest absolute Gasteiger partial charge is 0.239 e. The molecule has 0 aliphatic heterocycles. The van der Waals surface area contributed by atoms with Gasteiger partial charge in [-0.3, -0.25) is 4.79 Å². The van der Waals surface area contributed by atoms with Gasteiger partial charge in [-0.25, -0.2) is 4.39 Å². The van der Waals surface area contributed by atoms with Crippen LogP contribution in [0.4, 0.5) is 4.39 Å². The van der Waals surface area contributed by atoms with Gasteiger partial charge >= 0.3 is 0 Å². The molecule has 0 aromatic heterocycles. The summed E-state index contributed by atoms with van der Waals surface area (Å²) < 4.78 is 13.4. The van der Waals surface area contributed by atoms with Crippen molar-refractivity contribution in [3.63, 3.8) is 0 Å². The number of benzene rings is 1. The van der Waals surface area contributed by atoms with E-state index in [2.05, 4.69) is 0 Å². The number of nitrogens with zero attached hydrogens (tertiary/aromatic N) is 1. The van der Waals surface area contributed by atoms with Gasteiger partial charge in [0.05, 0.1) is 6.04 Å². The summed E-state index contributed by atoms with van der Waals surface area (Å²) in [6, 6.07) is 5.94. The van der Waals surface area contributed by atoms with Crippen molar-refractivity contribution >= 4 is 30.1 Å². The number of hydrogen-bond donors (Lipinski definition) is 1. The quantitative estimate of drug-likeness (QED) is 0.877. The zero-order valence-electron chi connectivity index (χ0n) is 11.1. The molecule has 6 heteroatoms. The lowest BCUT2D eigenvalue weighted by atomic mass is 10.1. The molecule has 0 spiro atoms. The summed E-state index contributed by atoms with van der Waals surface area (Å²) in [4.78, 5) is 13.4. The Morgan fingerprint density at radius 3 is 2.68 bits per heavy atom. The summed E-state index contributed by atoms with van der Waals surface area (Å²) in [5.41, 5.74) is 6.30. The fourth-order valence-corrected chi connectivity index (χ4v) is 2.10. The van der Waals surface area contributed by atoms with Crippen LogP contribution in [0.1, 0.15) is 12.0 Å². The van der Waals surface area contributed by atoms with Gasteiger partial charge in [0.15, 0.2) is 0 Å². The van der Waals surface area contributed by atoms with Crippen LogP contribution in [-0.2, 0) is 11.3 Å². The molecule has 3 nitrogen and oxygen atoms in total. The summed E-state index contributed by atoms with van der Waals surface area (Å²) in [5.74, 6) is 0.405. The first-order valence-electron chi connectivity index (χ1n) is 5.79. The van der Waals surface area contributed by atoms with E-state index in [9.17, 15) is 9.18 Å². The molecule has 1 rings (SSSR count). The summed E-state index contributed by atoms with van der Waals surface area (Å²) in [6.45, 7) is 0.248. The standard InChI is InChI=1S/C13H19FN2OS.ClH/c1-16(13(17)12(15)7-8-18-2)9-10-5-3-4-6-11(10)14;/h3-6,12H,7-9,15H2,1-2H3;1H/t12-;/m0./s1. The van der Waals surface area contributed by atoms with E-state index in [-0.39, 0.29) is 30.7 Å². The van der Waals surface area contributed by atoms with E-state index in [0.717, 1.165) is 5.75 Å². The molecule has 0 fully saturated rings. The van der Waals surface area contributed by atoms with Gasteiger partial charge in [-0.2, -0.15) is 11.8 Å². The van der Waals surface area contributed by atoms with Crippen molar-refractivity contribution in [1.82, 2.24) is 4.90 Å². The molecule has 1 aromatic rings. The van der Waals surface area contributed by atoms with E-state index < -0.39 is 6.04 Å². The van der Waals surface area contributed by atoms with Crippen LogP contribution in [0.5, 0.6) is 0 Å². The maximum atomic E-state index is 13.4. The van der Waals surface area contributed by atoms with Crippen molar-refractivity contribution < 1.29 is 9.18 Å². The Balaban J connectivity index is 0.00000324. The van der Waals surface area contributed by atoms with Crippen molar-refractivity contribution in [3.8, 4) is 0 Å². The predicted molar refractivity (Wildman–Crippen MR) is 81.1 cm³/mol. The minimum Gasteiger partial charge on any atom is -0.340 e. The Hall–Kier alpha value is -0.780. The SMILES string of the molecule is CSCC[C@H](N)C(=O)N(C)Cc1ccccc1F.Cl. The van der Waals surface area contributed by atoms with E-state index in [0.29, 0.717) is 12.0 Å². The van der Waals surface area contributed by atoms with E-state index in [1.165, 1.54) is 11.0 Å². The number of amides is 1. The average Bonchev–Trinajstić information content (AvgIpc) is 2.37. The molecule has 108 valence electrons. The van der Waals surface area contributed by atoms with Crippen molar-refractivity contribution in [3.05, 3.63) is 35.6 Å². The van der Waals surface area contributed by atoms with E-state index in [1.54, 1.807) is 37.0 Å². The number of likely N-dealkylation sites (N-methyl/N-ethyl adjacent to an activating group) is 1. The third kappa shape index (κ3) is 5.80. The lowest BCUT2D eigenvalue weighted by Crippen LogP contribution is -2.41. The molecule has 0 saturated carbocycles. The number of rotatable bonds is 6. The third-order valence-corrected chi connectivity index (χ3v) is 3.34. The molecule has 0 heterocycles. The Morgan fingerprint density at radius 1 is 1.47 bits per heavy atom. The number of nitrogens with two attached hydrogens (primary N) is 1. The highest BCUT2D eigenvalue weighted by molar-refractivity contribution is 7.98. The topological polar surface area (TPSA) is 46.3 Å². The number of thioether (sulfide) groups is 1. The highest BCUT2D eigenvalue weighted by Crippen LogP contribution is 2.10. The van der Waals surface area contributed by atoms with Gasteiger partial charge in [-0.05, 0) is 24.5 Å². The molecule has 0 aliphatic rings. The highest BCUT2D eigenvalue weighted by atomic mass is 35.5. The van der Waals surface area contributed by atoms with Crippen LogP contribution in [0.3, 0.4) is 0 Å². The Kier molecular flexibility index (Phi) is 8.80. The van der Waals surface area contributed by atoms with Crippen LogP contribution < -0.4 is 5.73 Å². The molecule has 0 radical (unpaired) electrons. The van der Waals surface area contributed by atoms with Gasteiger partial charge in [0.25, 0.3) is 0 Å². The highest BCUT2D eigenvalue weighted by Gasteiger charge is 2.18. The Bertz CT molecular complexity index is 406. The van der Waals surface area contributed by atoms with Crippen LogP contribution in [0.25, 0.3) is 0 Å². The molecule has 0 aliphatic carbocycles. The number of carbonyl (C=O) groups excluding carboxylic acids is 1. The van der Waals surface area contributed by atoms with Crippen LogP contribution in [0.2, 0.25) is 0 Å². The normalized spacial score (nSPS) is 11.6. The Labute approximate surface area is 124 Å². The van der Waals surface area contributed by atoms with Crippen LogP contribution in [0.15, 0.2) is 24.3 Å². The number of halogens is 2. The van der Waals surface area contributed by atoms with Crippen LogP contribution in [0, 0.1) is 5.82 Å². The number of hydrogen-bond acceptors (Lipinski definition) is 3. The Morgan fingerprint density at radius 2 is 2.11 bits per heavy atom. The summed E-state index contributed by atoms with van der Waals surface area (Å²) in [5, 5.41) is 0. The molecule has 1 amide bonds. The van der Waals surface area contributed by atoms with Crippen molar-refractivity contribution in [1.29, 1.82) is 0 Å². The van der Waals surface area contributed by atoms with Crippen molar-refractivity contribution in [2.75, 3.05) is 19.1 Å². The summed E-state index contributed by atoms with van der Waals surface area (Å²) in [7, 11) is 1.65. The molecular formula is C13H20ClFN2OS. The molecule has 2 N–H and O–H groups in total. The van der Waals surface area contributed by atoms with Gasteiger partial charge < -0.3 is 10.6 Å². The fourth-order valence-electron chi connectivity index (χ4n) is 1.61. The van der Waals surface area contributed by atoms with Crippen LogP contribution in [-0.4, -0.2) is 35.9 Å². The molecule has 1 atom stereocenters. The maximum Gasteiger partial charge on any atom is 0.239 e. The maximum absolute atomic E-state index is 13.4. The van der Waals surface area contributed by atoms with Gasteiger partial charge in [0, 0.05) is 19.2 Å². The first kappa shape index (κ1) is 18.2. The predicted octanol–water partition coefficient (Wildman–Crippen LogP) is 2.29. The summed E-state index contributed by atoms with van der Waals surface area (Å²) >= 11 is 1.65.